The highest BCUT2D eigenvalue weighted by Crippen LogP contribution is 2.33. The number of nitrogens with one attached hydrogen (secondary N) is 1. The minimum absolute atomic E-state index is 0.0332. The van der Waals surface area contributed by atoms with Gasteiger partial charge in [0.05, 0.1) is 30.8 Å². The van der Waals surface area contributed by atoms with E-state index in [0.29, 0.717) is 36.0 Å². The molecule has 0 spiro atoms. The number of methoxy groups -OCH3 is 1. The first-order chi connectivity index (χ1) is 12.5. The highest BCUT2D eigenvalue weighted by Gasteiger charge is 2.31. The van der Waals surface area contributed by atoms with Crippen LogP contribution in [0, 0.1) is 17.7 Å². The van der Waals surface area contributed by atoms with Crippen LogP contribution in [-0.4, -0.2) is 41.4 Å². The third kappa shape index (κ3) is 3.78. The molecule has 140 valence electrons. The molecule has 1 aliphatic rings. The zero-order valence-electron chi connectivity index (χ0n) is 14.6. The smallest absolute Gasteiger partial charge is 0.308 e. The minimum Gasteiger partial charge on any atom is -0.497 e. The predicted octanol–water partition coefficient (Wildman–Crippen LogP) is 2.51. The summed E-state index contributed by atoms with van der Waals surface area (Å²) < 4.78 is 19.6. The van der Waals surface area contributed by atoms with Crippen LogP contribution in [0.4, 0.5) is 4.39 Å². The van der Waals surface area contributed by atoms with Gasteiger partial charge < -0.3 is 20.3 Å². The van der Waals surface area contributed by atoms with E-state index in [0.717, 1.165) is 19.2 Å². The number of piperidine rings is 1. The van der Waals surface area contributed by atoms with Gasteiger partial charge in [-0.05, 0) is 49.9 Å². The lowest BCUT2D eigenvalue weighted by atomic mass is 9.82. The summed E-state index contributed by atoms with van der Waals surface area (Å²) in [5, 5.41) is 23.6. The zero-order valence-corrected chi connectivity index (χ0v) is 14.6. The Morgan fingerprint density at radius 1 is 1.50 bits per heavy atom. The van der Waals surface area contributed by atoms with Gasteiger partial charge in [0.25, 0.3) is 0 Å². The summed E-state index contributed by atoms with van der Waals surface area (Å²) in [6.45, 7) is 1.19. The van der Waals surface area contributed by atoms with Crippen molar-refractivity contribution < 1.29 is 24.1 Å². The number of benzene rings is 1. The summed E-state index contributed by atoms with van der Waals surface area (Å²) in [7, 11) is 1.52. The Morgan fingerprint density at radius 3 is 3.04 bits per heavy atom. The third-order valence-corrected chi connectivity index (χ3v) is 5.15. The van der Waals surface area contributed by atoms with Crippen molar-refractivity contribution in [1.82, 2.24) is 10.3 Å². The van der Waals surface area contributed by atoms with Gasteiger partial charge in [-0.15, -0.1) is 0 Å². The van der Waals surface area contributed by atoms with Crippen LogP contribution in [0.25, 0.3) is 10.9 Å². The monoisotopic (exact) mass is 362 g/mol. The van der Waals surface area contributed by atoms with Gasteiger partial charge in [0.15, 0.2) is 0 Å². The second kappa shape index (κ2) is 7.97. The van der Waals surface area contributed by atoms with Crippen molar-refractivity contribution in [2.24, 2.45) is 11.8 Å². The Kier molecular flexibility index (Phi) is 5.68. The number of nitrogens with zero attached hydrogens (tertiary/aromatic N) is 1. The number of carboxylic acids is 1. The van der Waals surface area contributed by atoms with Gasteiger partial charge in [0.2, 0.25) is 0 Å². The average molecular weight is 362 g/mol. The maximum absolute atomic E-state index is 14.4. The predicted molar refractivity (Wildman–Crippen MR) is 94.5 cm³/mol. The zero-order chi connectivity index (χ0) is 18.7. The van der Waals surface area contributed by atoms with E-state index in [1.54, 1.807) is 18.2 Å². The van der Waals surface area contributed by atoms with Crippen LogP contribution < -0.4 is 10.1 Å². The summed E-state index contributed by atoms with van der Waals surface area (Å²) in [5.74, 6) is -1.35. The van der Waals surface area contributed by atoms with E-state index in [9.17, 15) is 19.4 Å². The molecule has 3 N–H and O–H groups in total. The summed E-state index contributed by atoms with van der Waals surface area (Å²) in [4.78, 5) is 15.5. The van der Waals surface area contributed by atoms with E-state index in [1.165, 1.54) is 7.11 Å². The molecule has 7 heteroatoms. The van der Waals surface area contributed by atoms with Crippen molar-refractivity contribution in [1.29, 1.82) is 0 Å². The van der Waals surface area contributed by atoms with Crippen molar-refractivity contribution in [3.05, 3.63) is 35.8 Å². The number of aliphatic carboxylic acids is 1. The van der Waals surface area contributed by atoms with Gasteiger partial charge in [-0.2, -0.15) is 0 Å². The van der Waals surface area contributed by atoms with E-state index < -0.39 is 23.8 Å². The lowest BCUT2D eigenvalue weighted by Crippen LogP contribution is -2.40. The van der Waals surface area contributed by atoms with Crippen LogP contribution in [0.5, 0.6) is 5.75 Å². The molecular formula is C19H23FN2O4. The Morgan fingerprint density at radius 2 is 2.31 bits per heavy atom. The maximum Gasteiger partial charge on any atom is 0.308 e. The number of fused-ring (bicyclic) bond motifs is 1. The van der Waals surface area contributed by atoms with Crippen molar-refractivity contribution in [2.75, 3.05) is 20.2 Å². The molecule has 2 aromatic rings. The number of aromatic nitrogens is 1. The Balaban J connectivity index is 1.82. The van der Waals surface area contributed by atoms with Crippen molar-refractivity contribution in [3.63, 3.8) is 0 Å². The first-order valence-corrected chi connectivity index (χ1v) is 8.75. The summed E-state index contributed by atoms with van der Waals surface area (Å²) in [5.41, 5.74) is 0.765. The largest absolute Gasteiger partial charge is 0.497 e. The normalized spacial score (nSPS) is 21.5. The molecule has 26 heavy (non-hydrogen) atoms. The third-order valence-electron chi connectivity index (χ3n) is 5.15. The van der Waals surface area contributed by atoms with Crippen molar-refractivity contribution >= 4 is 16.9 Å². The Hall–Kier alpha value is -2.25. The molecule has 0 aliphatic carbocycles. The molecule has 0 saturated carbocycles. The number of aliphatic hydroxyl groups is 1. The fourth-order valence-electron chi connectivity index (χ4n) is 3.70. The molecule has 0 radical (unpaired) electrons. The molecule has 0 amide bonds. The number of ether oxygens (including phenoxy) is 1. The summed E-state index contributed by atoms with van der Waals surface area (Å²) >= 11 is 0. The Labute approximate surface area is 151 Å². The molecule has 1 fully saturated rings. The standard InChI is InChI=1S/C19H23FN2O4/c1-26-12-3-4-16-13(8-12)18(15(20)10-22-16)17(23)5-2-11-6-7-21-9-14(11)19(24)25/h3-4,8,10-11,14,17,21,23H,2,5-7,9H2,1H3,(H,24,25)/t11?,14?,17-/m1/s1. The highest BCUT2D eigenvalue weighted by atomic mass is 19.1. The molecule has 3 rings (SSSR count). The summed E-state index contributed by atoms with van der Waals surface area (Å²) in [6, 6.07) is 5.11. The van der Waals surface area contributed by atoms with Gasteiger partial charge >= 0.3 is 5.97 Å². The van der Waals surface area contributed by atoms with E-state index in [4.69, 9.17) is 4.74 Å². The lowest BCUT2D eigenvalue weighted by molar-refractivity contribution is -0.144. The number of carboxylic acid groups (broad SMARTS) is 1. The topological polar surface area (TPSA) is 91.7 Å². The SMILES string of the molecule is COc1ccc2ncc(F)c([C@H](O)CCC3CCNCC3C(=O)O)c2c1. The van der Waals surface area contributed by atoms with E-state index in [1.807, 2.05) is 0 Å². The first-order valence-electron chi connectivity index (χ1n) is 8.75. The molecule has 6 nitrogen and oxygen atoms in total. The van der Waals surface area contributed by atoms with E-state index >= 15 is 0 Å². The molecule has 1 saturated heterocycles. The number of hydrogen-bond donors (Lipinski definition) is 3. The van der Waals surface area contributed by atoms with Crippen molar-refractivity contribution in [3.8, 4) is 5.75 Å². The van der Waals surface area contributed by atoms with Gasteiger partial charge in [0.1, 0.15) is 11.6 Å². The number of aliphatic hydroxyl groups excluding tert-OH is 1. The van der Waals surface area contributed by atoms with Crippen molar-refractivity contribution in [2.45, 2.75) is 25.4 Å². The highest BCUT2D eigenvalue weighted by molar-refractivity contribution is 5.84. The molecule has 1 aromatic heterocycles. The van der Waals surface area contributed by atoms with Crippen LogP contribution in [0.1, 0.15) is 30.9 Å². The Bertz CT molecular complexity index is 798. The van der Waals surface area contributed by atoms with Crippen LogP contribution in [0.15, 0.2) is 24.4 Å². The molecule has 2 unspecified atom stereocenters. The molecule has 1 aromatic carbocycles. The van der Waals surface area contributed by atoms with E-state index in [2.05, 4.69) is 10.3 Å². The number of halogens is 1. The molecule has 0 bridgehead atoms. The second-order valence-corrected chi connectivity index (χ2v) is 6.69. The van der Waals surface area contributed by atoms with Gasteiger partial charge in [0, 0.05) is 17.5 Å². The first kappa shape index (κ1) is 18.5. The van der Waals surface area contributed by atoms with Crippen LogP contribution >= 0.6 is 0 Å². The number of hydrogen-bond acceptors (Lipinski definition) is 5. The number of carbonyl (C=O) groups is 1. The van der Waals surface area contributed by atoms with Crippen LogP contribution in [-0.2, 0) is 4.79 Å². The molecule has 2 heterocycles. The van der Waals surface area contributed by atoms with Crippen LogP contribution in [0.2, 0.25) is 0 Å². The van der Waals surface area contributed by atoms with Crippen LogP contribution in [0.3, 0.4) is 0 Å². The lowest BCUT2D eigenvalue weighted by Gasteiger charge is -2.30. The second-order valence-electron chi connectivity index (χ2n) is 6.69. The molecule has 3 atom stereocenters. The van der Waals surface area contributed by atoms with Gasteiger partial charge in [-0.1, -0.05) is 0 Å². The van der Waals surface area contributed by atoms with Gasteiger partial charge in [-0.3, -0.25) is 9.78 Å². The average Bonchev–Trinajstić information content (AvgIpc) is 2.65. The summed E-state index contributed by atoms with van der Waals surface area (Å²) in [6.07, 6.45) is 1.63. The van der Waals surface area contributed by atoms with E-state index in [-0.39, 0.29) is 11.5 Å². The fraction of sp³-hybridized carbons (Fsp3) is 0.474. The fourth-order valence-corrected chi connectivity index (χ4v) is 3.70. The minimum atomic E-state index is -1.03. The quantitative estimate of drug-likeness (QED) is 0.731. The molecular weight excluding hydrogens is 339 g/mol. The number of pyridine rings is 1. The molecule has 1 aliphatic heterocycles. The maximum atomic E-state index is 14.4. The van der Waals surface area contributed by atoms with Gasteiger partial charge in [-0.25, -0.2) is 4.39 Å². The number of rotatable bonds is 6.